The fourth-order valence-corrected chi connectivity index (χ4v) is 2.07. The van der Waals surface area contributed by atoms with Crippen molar-refractivity contribution < 1.29 is 14.3 Å². The predicted molar refractivity (Wildman–Crippen MR) is 76.0 cm³/mol. The lowest BCUT2D eigenvalue weighted by atomic mass is 10.2. The molecule has 1 N–H and O–H groups in total. The minimum absolute atomic E-state index is 0.0292. The molecule has 1 aromatic heterocycles. The maximum Gasteiger partial charge on any atom is 0.325 e. The average Bonchev–Trinajstić information content (AvgIpc) is 2.80. The van der Waals surface area contributed by atoms with Crippen LogP contribution in [0.25, 0.3) is 10.9 Å². The molecule has 0 atom stereocenters. The Morgan fingerprint density at radius 2 is 2.05 bits per heavy atom. The highest BCUT2D eigenvalue weighted by molar-refractivity contribution is 5.82. The highest BCUT2D eigenvalue weighted by atomic mass is 16.5. The smallest absolute Gasteiger partial charge is 0.325 e. The molecule has 0 fully saturated rings. The van der Waals surface area contributed by atoms with Gasteiger partial charge in [0.1, 0.15) is 6.54 Å². The number of carbonyl (C=O) groups is 2. The molecule has 0 saturated heterocycles. The van der Waals surface area contributed by atoms with Gasteiger partial charge in [-0.15, -0.1) is 0 Å². The summed E-state index contributed by atoms with van der Waals surface area (Å²) in [7, 11) is 0. The molecule has 0 aliphatic carbocycles. The van der Waals surface area contributed by atoms with Gasteiger partial charge >= 0.3 is 5.97 Å². The van der Waals surface area contributed by atoms with Gasteiger partial charge in [-0.3, -0.25) is 9.59 Å². The molecule has 1 amide bonds. The van der Waals surface area contributed by atoms with E-state index in [0.29, 0.717) is 13.2 Å². The zero-order valence-corrected chi connectivity index (χ0v) is 11.7. The van der Waals surface area contributed by atoms with Crippen LogP contribution in [-0.2, 0) is 20.9 Å². The van der Waals surface area contributed by atoms with Crippen LogP contribution in [0.5, 0.6) is 0 Å². The van der Waals surface area contributed by atoms with Gasteiger partial charge in [0, 0.05) is 18.1 Å². The number of fused-ring (bicyclic) bond motifs is 1. The number of nitrogens with zero attached hydrogens (tertiary/aromatic N) is 1. The first-order valence-corrected chi connectivity index (χ1v) is 6.58. The lowest BCUT2D eigenvalue weighted by Crippen LogP contribution is -2.34. The number of amides is 1. The van der Waals surface area contributed by atoms with Gasteiger partial charge in [0.05, 0.1) is 13.2 Å². The molecule has 106 valence electrons. The molecule has 2 aromatic rings. The Balaban J connectivity index is 2.11. The van der Waals surface area contributed by atoms with E-state index in [0.717, 1.165) is 16.6 Å². The maximum atomic E-state index is 11.6. The minimum atomic E-state index is -0.390. The Kier molecular flexibility index (Phi) is 4.40. The number of rotatable bonds is 5. The molecule has 5 heteroatoms. The molecule has 0 aliphatic heterocycles. The van der Waals surface area contributed by atoms with Crippen LogP contribution in [0, 0.1) is 0 Å². The van der Waals surface area contributed by atoms with E-state index in [9.17, 15) is 9.59 Å². The molecule has 0 bridgehead atoms. The van der Waals surface area contributed by atoms with Gasteiger partial charge in [-0.1, -0.05) is 18.2 Å². The quantitative estimate of drug-likeness (QED) is 0.849. The van der Waals surface area contributed by atoms with Gasteiger partial charge in [0.15, 0.2) is 0 Å². The number of esters is 1. The zero-order valence-electron chi connectivity index (χ0n) is 11.7. The van der Waals surface area contributed by atoms with Gasteiger partial charge in [0.25, 0.3) is 0 Å². The Morgan fingerprint density at radius 3 is 2.70 bits per heavy atom. The second kappa shape index (κ2) is 6.23. The largest absolute Gasteiger partial charge is 0.465 e. The van der Waals surface area contributed by atoms with E-state index in [1.807, 2.05) is 30.3 Å². The van der Waals surface area contributed by atoms with Crippen LogP contribution < -0.4 is 0 Å². The summed E-state index contributed by atoms with van der Waals surface area (Å²) in [5, 5.41) is 1.09. The number of aromatic amines is 1. The summed E-state index contributed by atoms with van der Waals surface area (Å²) in [6.07, 6.45) is 0. The number of ether oxygens (including phenoxy) is 1. The predicted octanol–water partition coefficient (Wildman–Crippen LogP) is 2.08. The molecule has 0 radical (unpaired) electrons. The molecule has 0 spiro atoms. The van der Waals surface area contributed by atoms with Crippen molar-refractivity contribution in [3.05, 3.63) is 36.0 Å². The molecule has 2 rings (SSSR count). The van der Waals surface area contributed by atoms with Crippen LogP contribution in [0.2, 0.25) is 0 Å². The minimum Gasteiger partial charge on any atom is -0.465 e. The summed E-state index contributed by atoms with van der Waals surface area (Å²) >= 11 is 0. The van der Waals surface area contributed by atoms with Crippen molar-refractivity contribution in [2.75, 3.05) is 13.2 Å². The zero-order chi connectivity index (χ0) is 14.5. The van der Waals surface area contributed by atoms with Crippen molar-refractivity contribution in [2.24, 2.45) is 0 Å². The number of H-pyrrole nitrogens is 1. The van der Waals surface area contributed by atoms with Crippen molar-refractivity contribution >= 4 is 22.8 Å². The number of benzene rings is 1. The highest BCUT2D eigenvalue weighted by Gasteiger charge is 2.15. The van der Waals surface area contributed by atoms with Crippen LogP contribution in [0.4, 0.5) is 0 Å². The van der Waals surface area contributed by atoms with Crippen LogP contribution in [0.1, 0.15) is 19.5 Å². The third-order valence-electron chi connectivity index (χ3n) is 3.02. The van der Waals surface area contributed by atoms with E-state index in [-0.39, 0.29) is 18.4 Å². The van der Waals surface area contributed by atoms with Crippen LogP contribution >= 0.6 is 0 Å². The molecule has 0 saturated carbocycles. The van der Waals surface area contributed by atoms with Gasteiger partial charge in [-0.05, 0) is 24.4 Å². The van der Waals surface area contributed by atoms with E-state index in [1.165, 1.54) is 11.8 Å². The third-order valence-corrected chi connectivity index (χ3v) is 3.02. The molecule has 0 unspecified atom stereocenters. The molecular weight excluding hydrogens is 256 g/mol. The molecular formula is C15H18N2O3. The highest BCUT2D eigenvalue weighted by Crippen LogP contribution is 2.16. The van der Waals surface area contributed by atoms with Crippen molar-refractivity contribution in [1.82, 2.24) is 9.88 Å². The van der Waals surface area contributed by atoms with Crippen LogP contribution in [0.15, 0.2) is 30.3 Å². The Hall–Kier alpha value is -2.30. The van der Waals surface area contributed by atoms with Crippen molar-refractivity contribution in [3.8, 4) is 0 Å². The monoisotopic (exact) mass is 274 g/mol. The Morgan fingerprint density at radius 1 is 1.30 bits per heavy atom. The molecule has 0 aliphatic rings. The van der Waals surface area contributed by atoms with Crippen molar-refractivity contribution in [2.45, 2.75) is 20.4 Å². The van der Waals surface area contributed by atoms with E-state index in [4.69, 9.17) is 4.74 Å². The van der Waals surface area contributed by atoms with Crippen molar-refractivity contribution in [3.63, 3.8) is 0 Å². The summed E-state index contributed by atoms with van der Waals surface area (Å²) in [4.78, 5) is 27.8. The van der Waals surface area contributed by atoms with Crippen LogP contribution in [-0.4, -0.2) is 34.9 Å². The third kappa shape index (κ3) is 3.38. The summed E-state index contributed by atoms with van der Waals surface area (Å²) < 4.78 is 4.88. The molecule has 1 aromatic carbocycles. The topological polar surface area (TPSA) is 62.4 Å². The summed E-state index contributed by atoms with van der Waals surface area (Å²) in [5.41, 5.74) is 1.91. The fraction of sp³-hybridized carbons (Fsp3) is 0.333. The fourth-order valence-electron chi connectivity index (χ4n) is 2.07. The first-order chi connectivity index (χ1) is 9.60. The summed E-state index contributed by atoms with van der Waals surface area (Å²) in [5.74, 6) is -0.546. The van der Waals surface area contributed by atoms with E-state index < -0.39 is 0 Å². The Bertz CT molecular complexity index is 585. The maximum absolute atomic E-state index is 11.6. The molecule has 20 heavy (non-hydrogen) atoms. The van der Waals surface area contributed by atoms with E-state index in [1.54, 1.807) is 6.92 Å². The number of carbonyl (C=O) groups excluding carboxylic acids is 2. The lowest BCUT2D eigenvalue weighted by molar-refractivity contribution is -0.148. The molecule has 5 nitrogen and oxygen atoms in total. The van der Waals surface area contributed by atoms with Gasteiger partial charge in [-0.25, -0.2) is 0 Å². The van der Waals surface area contributed by atoms with Gasteiger partial charge < -0.3 is 14.6 Å². The lowest BCUT2D eigenvalue weighted by Gasteiger charge is -2.19. The second-order valence-electron chi connectivity index (χ2n) is 4.56. The first-order valence-electron chi connectivity index (χ1n) is 6.58. The number of aromatic nitrogens is 1. The second-order valence-corrected chi connectivity index (χ2v) is 4.56. The van der Waals surface area contributed by atoms with Crippen LogP contribution in [0.3, 0.4) is 0 Å². The number of hydrogen-bond donors (Lipinski definition) is 1. The van der Waals surface area contributed by atoms with Crippen molar-refractivity contribution in [1.29, 1.82) is 0 Å². The van der Waals surface area contributed by atoms with Gasteiger partial charge in [0.2, 0.25) is 5.91 Å². The summed E-state index contributed by atoms with van der Waals surface area (Å²) in [6, 6.07) is 9.86. The number of para-hydroxylation sites is 1. The molecule has 1 heterocycles. The standard InChI is InChI=1S/C15H18N2O3/c1-3-20-15(19)10-17(11(2)18)9-13-8-12-6-4-5-7-14(12)16-13/h4-8,16H,3,9-10H2,1-2H3. The number of nitrogens with one attached hydrogen (secondary N) is 1. The van der Waals surface area contributed by atoms with E-state index >= 15 is 0 Å². The Labute approximate surface area is 117 Å². The summed E-state index contributed by atoms with van der Waals surface area (Å²) in [6.45, 7) is 3.84. The normalized spacial score (nSPS) is 10.5. The van der Waals surface area contributed by atoms with E-state index in [2.05, 4.69) is 4.98 Å². The number of hydrogen-bond acceptors (Lipinski definition) is 3. The SMILES string of the molecule is CCOC(=O)CN(Cc1cc2ccccc2[nH]1)C(C)=O. The first kappa shape index (κ1) is 14.1. The van der Waals surface area contributed by atoms with Gasteiger partial charge in [-0.2, -0.15) is 0 Å². The average molecular weight is 274 g/mol.